The summed E-state index contributed by atoms with van der Waals surface area (Å²) in [5.41, 5.74) is 1.01. The van der Waals surface area contributed by atoms with Crippen molar-refractivity contribution in [3.8, 4) is 0 Å². The van der Waals surface area contributed by atoms with Gasteiger partial charge in [-0.15, -0.1) is 10.2 Å². The van der Waals surface area contributed by atoms with E-state index in [2.05, 4.69) is 15.5 Å². The second kappa shape index (κ2) is 8.91. The highest BCUT2D eigenvalue weighted by atomic mass is 19.1. The zero-order valence-corrected chi connectivity index (χ0v) is 16.9. The van der Waals surface area contributed by atoms with Crippen molar-refractivity contribution in [2.75, 3.05) is 20.2 Å². The average Bonchev–Trinajstić information content (AvgIpc) is 3.49. The molecule has 1 N–H and O–H groups in total. The van der Waals surface area contributed by atoms with Gasteiger partial charge in [-0.2, -0.15) is 0 Å². The highest BCUT2D eigenvalue weighted by Gasteiger charge is 2.42. The number of nitrogens with zero attached hydrogens (tertiary/aromatic N) is 4. The maximum absolute atomic E-state index is 13.3. The Kier molecular flexibility index (Phi) is 6.08. The molecule has 1 saturated heterocycles. The van der Waals surface area contributed by atoms with Crippen LogP contribution in [-0.2, 0) is 20.9 Å². The van der Waals surface area contributed by atoms with Crippen LogP contribution in [0.1, 0.15) is 30.7 Å². The van der Waals surface area contributed by atoms with Gasteiger partial charge in [-0.25, -0.2) is 4.39 Å². The van der Waals surface area contributed by atoms with E-state index in [1.54, 1.807) is 28.7 Å². The van der Waals surface area contributed by atoms with Crippen molar-refractivity contribution < 1.29 is 18.7 Å². The fourth-order valence-electron chi connectivity index (χ4n) is 4.65. The van der Waals surface area contributed by atoms with Crippen molar-refractivity contribution >= 4 is 11.8 Å². The summed E-state index contributed by atoms with van der Waals surface area (Å²) in [6.07, 6.45) is 5.41. The van der Waals surface area contributed by atoms with Crippen molar-refractivity contribution in [3.05, 3.63) is 48.3 Å². The van der Waals surface area contributed by atoms with E-state index in [1.807, 2.05) is 0 Å². The monoisotopic (exact) mass is 415 g/mol. The first-order chi connectivity index (χ1) is 14.5. The number of methoxy groups -OCH3 is 1. The quantitative estimate of drug-likeness (QED) is 0.769. The van der Waals surface area contributed by atoms with E-state index in [1.165, 1.54) is 24.8 Å². The second-order valence-electron chi connectivity index (χ2n) is 8.02. The number of halogens is 1. The molecule has 9 heteroatoms. The van der Waals surface area contributed by atoms with Gasteiger partial charge in [-0.05, 0) is 36.5 Å². The predicted octanol–water partition coefficient (Wildman–Crippen LogP) is 1.34. The third kappa shape index (κ3) is 4.35. The Bertz CT molecular complexity index is 873. The van der Waals surface area contributed by atoms with Crippen molar-refractivity contribution in [2.45, 2.75) is 43.9 Å². The van der Waals surface area contributed by atoms with Gasteiger partial charge in [0.15, 0.2) is 0 Å². The van der Waals surface area contributed by atoms with Crippen LogP contribution in [0.2, 0.25) is 0 Å². The van der Waals surface area contributed by atoms with Crippen LogP contribution in [0.4, 0.5) is 4.39 Å². The Morgan fingerprint density at radius 2 is 1.90 bits per heavy atom. The maximum atomic E-state index is 13.3. The molecule has 0 spiro atoms. The van der Waals surface area contributed by atoms with E-state index >= 15 is 0 Å². The van der Waals surface area contributed by atoms with Crippen molar-refractivity contribution in [3.63, 3.8) is 0 Å². The molecule has 2 aromatic rings. The molecule has 0 unspecified atom stereocenters. The standard InChI is InChI=1S/C21H26FN5O3/c1-30-19-10-27(9-18(19)25-20(28)11-26-12-23-24-13-26)21(29)17-4-2-3-16(17)14-5-7-15(22)8-6-14/h5-8,12-13,16-19H,2-4,9-11H2,1H3,(H,25,28)/t16-,17-,18-,19-/m1/s1. The molecule has 1 saturated carbocycles. The zero-order chi connectivity index (χ0) is 21.1. The number of amides is 2. The summed E-state index contributed by atoms with van der Waals surface area (Å²) in [5, 5.41) is 10.3. The summed E-state index contributed by atoms with van der Waals surface area (Å²) < 4.78 is 20.4. The Labute approximate surface area is 174 Å². The lowest BCUT2D eigenvalue weighted by atomic mass is 9.88. The molecule has 2 heterocycles. The van der Waals surface area contributed by atoms with Crippen molar-refractivity contribution in [1.82, 2.24) is 25.0 Å². The summed E-state index contributed by atoms with van der Waals surface area (Å²) in [6, 6.07) is 6.19. The van der Waals surface area contributed by atoms with Crippen LogP contribution in [0.25, 0.3) is 0 Å². The first-order valence-electron chi connectivity index (χ1n) is 10.2. The highest BCUT2D eigenvalue weighted by molar-refractivity contribution is 5.81. The Balaban J connectivity index is 1.40. The number of nitrogens with one attached hydrogen (secondary N) is 1. The van der Waals surface area contributed by atoms with Gasteiger partial charge in [0.1, 0.15) is 25.0 Å². The van der Waals surface area contributed by atoms with Gasteiger partial charge in [0.05, 0.1) is 12.1 Å². The Hall–Kier alpha value is -2.81. The van der Waals surface area contributed by atoms with Crippen LogP contribution in [0.3, 0.4) is 0 Å². The van der Waals surface area contributed by atoms with Crippen LogP contribution >= 0.6 is 0 Å². The number of benzene rings is 1. The number of carbonyl (C=O) groups is 2. The average molecular weight is 415 g/mol. The maximum Gasteiger partial charge on any atom is 0.240 e. The fraction of sp³-hybridized carbons (Fsp3) is 0.524. The van der Waals surface area contributed by atoms with E-state index in [-0.39, 0.29) is 48.2 Å². The largest absolute Gasteiger partial charge is 0.377 e. The van der Waals surface area contributed by atoms with Crippen LogP contribution in [0.15, 0.2) is 36.9 Å². The van der Waals surface area contributed by atoms with Gasteiger partial charge in [-0.1, -0.05) is 18.6 Å². The third-order valence-electron chi connectivity index (χ3n) is 6.15. The molecule has 30 heavy (non-hydrogen) atoms. The van der Waals surface area contributed by atoms with Crippen LogP contribution in [0, 0.1) is 11.7 Å². The summed E-state index contributed by atoms with van der Waals surface area (Å²) >= 11 is 0. The minimum absolute atomic E-state index is 0.0828. The van der Waals surface area contributed by atoms with Gasteiger partial charge < -0.3 is 19.5 Å². The van der Waals surface area contributed by atoms with E-state index in [0.717, 1.165) is 24.8 Å². The molecule has 4 rings (SSSR count). The smallest absolute Gasteiger partial charge is 0.240 e. The number of aromatic nitrogens is 3. The number of carbonyl (C=O) groups excluding carboxylic acids is 2. The lowest BCUT2D eigenvalue weighted by molar-refractivity contribution is -0.135. The van der Waals surface area contributed by atoms with E-state index in [0.29, 0.717) is 13.1 Å². The molecule has 0 bridgehead atoms. The van der Waals surface area contributed by atoms with Gasteiger partial charge in [0.25, 0.3) is 0 Å². The molecular weight excluding hydrogens is 389 g/mol. The first kappa shape index (κ1) is 20.5. The first-order valence-corrected chi connectivity index (χ1v) is 10.2. The molecular formula is C21H26FN5O3. The summed E-state index contributed by atoms with van der Waals surface area (Å²) in [6.45, 7) is 0.973. The molecule has 1 aromatic carbocycles. The number of likely N-dealkylation sites (tertiary alicyclic amines) is 1. The molecule has 0 radical (unpaired) electrons. The molecule has 4 atom stereocenters. The highest BCUT2D eigenvalue weighted by Crippen LogP contribution is 2.41. The van der Waals surface area contributed by atoms with Crippen molar-refractivity contribution in [1.29, 1.82) is 0 Å². The minimum atomic E-state index is -0.271. The molecule has 2 aliphatic rings. The summed E-state index contributed by atoms with van der Waals surface area (Å²) in [7, 11) is 1.59. The SMILES string of the molecule is CO[C@@H]1CN(C(=O)[C@@H]2CCC[C@@H]2c2ccc(F)cc2)C[C@H]1NC(=O)Cn1cnnc1. The minimum Gasteiger partial charge on any atom is -0.377 e. The number of hydrogen-bond acceptors (Lipinski definition) is 5. The Morgan fingerprint density at radius 1 is 1.17 bits per heavy atom. The van der Waals surface area contributed by atoms with E-state index in [4.69, 9.17) is 4.74 Å². The number of hydrogen-bond donors (Lipinski definition) is 1. The van der Waals surface area contributed by atoms with Crippen LogP contribution in [0.5, 0.6) is 0 Å². The summed E-state index contributed by atoms with van der Waals surface area (Å²) in [4.78, 5) is 27.5. The summed E-state index contributed by atoms with van der Waals surface area (Å²) in [5.74, 6) is -0.395. The van der Waals surface area contributed by atoms with E-state index in [9.17, 15) is 14.0 Å². The van der Waals surface area contributed by atoms with Gasteiger partial charge >= 0.3 is 0 Å². The molecule has 1 aliphatic carbocycles. The topological polar surface area (TPSA) is 89.4 Å². The lowest BCUT2D eigenvalue weighted by Crippen LogP contribution is -2.45. The van der Waals surface area contributed by atoms with Gasteiger partial charge in [0.2, 0.25) is 11.8 Å². The van der Waals surface area contributed by atoms with Gasteiger partial charge in [-0.3, -0.25) is 9.59 Å². The molecule has 160 valence electrons. The fourth-order valence-corrected chi connectivity index (χ4v) is 4.65. The zero-order valence-electron chi connectivity index (χ0n) is 16.9. The number of rotatable bonds is 6. The van der Waals surface area contributed by atoms with E-state index < -0.39 is 0 Å². The molecule has 1 aliphatic heterocycles. The predicted molar refractivity (Wildman–Crippen MR) is 106 cm³/mol. The second-order valence-corrected chi connectivity index (χ2v) is 8.02. The van der Waals surface area contributed by atoms with Gasteiger partial charge in [0, 0.05) is 26.1 Å². The number of ether oxygens (including phenoxy) is 1. The Morgan fingerprint density at radius 3 is 2.60 bits per heavy atom. The lowest BCUT2D eigenvalue weighted by Gasteiger charge is -2.25. The van der Waals surface area contributed by atoms with Crippen LogP contribution < -0.4 is 5.32 Å². The third-order valence-corrected chi connectivity index (χ3v) is 6.15. The molecule has 2 amide bonds. The van der Waals surface area contributed by atoms with Crippen molar-refractivity contribution in [2.24, 2.45) is 5.92 Å². The molecule has 2 fully saturated rings. The molecule has 1 aromatic heterocycles. The van der Waals surface area contributed by atoms with Crippen LogP contribution in [-0.4, -0.2) is 63.8 Å². The normalized spacial score (nSPS) is 26.1. The molecule has 8 nitrogen and oxygen atoms in total.